The van der Waals surface area contributed by atoms with Crippen molar-refractivity contribution in [2.45, 2.75) is 72.6 Å². The second-order valence-electron chi connectivity index (χ2n) is 11.8. The summed E-state index contributed by atoms with van der Waals surface area (Å²) in [6.45, 7) is 17.4. The fourth-order valence-corrected chi connectivity index (χ4v) is 5.70. The van der Waals surface area contributed by atoms with E-state index in [0.717, 1.165) is 38.0 Å². The van der Waals surface area contributed by atoms with E-state index < -0.39 is 11.3 Å². The summed E-state index contributed by atoms with van der Waals surface area (Å²) >= 11 is 0. The average Bonchev–Trinajstić information content (AvgIpc) is 2.87. The largest absolute Gasteiger partial charge is 0.366 e. The lowest BCUT2D eigenvalue weighted by Crippen LogP contribution is -2.45. The fraction of sp³-hybridized carbons (Fsp3) is 0.600. The van der Waals surface area contributed by atoms with E-state index in [1.54, 1.807) is 23.4 Å². The lowest BCUT2D eigenvalue weighted by molar-refractivity contribution is 0.0771. The van der Waals surface area contributed by atoms with Crippen molar-refractivity contribution in [3.63, 3.8) is 0 Å². The van der Waals surface area contributed by atoms with Crippen LogP contribution in [-0.4, -0.2) is 64.3 Å². The molecule has 202 valence electrons. The molecule has 1 aliphatic heterocycles. The van der Waals surface area contributed by atoms with Gasteiger partial charge in [0.1, 0.15) is 5.82 Å². The predicted molar refractivity (Wildman–Crippen MR) is 149 cm³/mol. The minimum Gasteiger partial charge on any atom is -0.366 e. The number of primary amides is 1. The van der Waals surface area contributed by atoms with Gasteiger partial charge in [-0.3, -0.25) is 9.59 Å². The van der Waals surface area contributed by atoms with Crippen molar-refractivity contribution in [1.82, 2.24) is 19.8 Å². The molecule has 1 atom stereocenters. The van der Waals surface area contributed by atoms with Crippen molar-refractivity contribution in [1.29, 1.82) is 0 Å². The van der Waals surface area contributed by atoms with Crippen molar-refractivity contribution in [3.05, 3.63) is 59.2 Å². The monoisotopic (exact) mass is 507 g/mol. The Hall–Kier alpha value is -2.80. The van der Waals surface area contributed by atoms with E-state index in [1.165, 1.54) is 12.8 Å². The summed E-state index contributed by atoms with van der Waals surface area (Å²) in [5, 5.41) is 0. The van der Waals surface area contributed by atoms with Crippen LogP contribution < -0.4 is 5.73 Å². The van der Waals surface area contributed by atoms with E-state index in [4.69, 9.17) is 15.7 Å². The molecule has 3 rings (SSSR count). The summed E-state index contributed by atoms with van der Waals surface area (Å²) in [5.41, 5.74) is 7.52. The summed E-state index contributed by atoms with van der Waals surface area (Å²) in [6.07, 6.45) is 7.39. The standard InChI is InChI=1S/C30H45N5O2/c1-7-35(8-2)27(37)24-20-32-28(33-21-24)30(25-11-9-10-23(18-25)26(31)36)13-16-34(17-14-30)15-12-22(3)19-29(4,5)6/h9-11,18,20-22H,7-8,12-17,19H2,1-6H3,(H2,31,36). The molecule has 0 bridgehead atoms. The molecule has 1 unspecified atom stereocenters. The predicted octanol–water partition coefficient (Wildman–Crippen LogP) is 4.90. The Kier molecular flexibility index (Phi) is 9.46. The number of aromatic nitrogens is 2. The highest BCUT2D eigenvalue weighted by Gasteiger charge is 2.41. The zero-order chi connectivity index (χ0) is 27.2. The van der Waals surface area contributed by atoms with Gasteiger partial charge >= 0.3 is 0 Å². The highest BCUT2D eigenvalue weighted by molar-refractivity contribution is 5.94. The summed E-state index contributed by atoms with van der Waals surface area (Å²) in [5.74, 6) is 0.882. The second-order valence-corrected chi connectivity index (χ2v) is 11.8. The van der Waals surface area contributed by atoms with E-state index in [1.807, 2.05) is 32.0 Å². The van der Waals surface area contributed by atoms with E-state index in [2.05, 4.69) is 32.6 Å². The maximum atomic E-state index is 12.8. The Morgan fingerprint density at radius 1 is 1.08 bits per heavy atom. The van der Waals surface area contributed by atoms with Crippen molar-refractivity contribution in [2.24, 2.45) is 17.1 Å². The van der Waals surface area contributed by atoms with Crippen LogP contribution in [-0.2, 0) is 5.41 Å². The van der Waals surface area contributed by atoms with Gasteiger partial charge in [-0.2, -0.15) is 0 Å². The van der Waals surface area contributed by atoms with Crippen molar-refractivity contribution in [3.8, 4) is 0 Å². The van der Waals surface area contributed by atoms with E-state index >= 15 is 0 Å². The number of benzene rings is 1. The highest BCUT2D eigenvalue weighted by atomic mass is 16.2. The second kappa shape index (κ2) is 12.2. The summed E-state index contributed by atoms with van der Waals surface area (Å²) in [4.78, 5) is 38.6. The number of piperidine rings is 1. The van der Waals surface area contributed by atoms with Gasteiger partial charge in [-0.1, -0.05) is 39.8 Å². The smallest absolute Gasteiger partial charge is 0.256 e. The average molecular weight is 508 g/mol. The number of hydrogen-bond donors (Lipinski definition) is 1. The molecule has 1 aliphatic rings. The first-order valence-corrected chi connectivity index (χ1v) is 13.7. The lowest BCUT2D eigenvalue weighted by atomic mass is 9.71. The van der Waals surface area contributed by atoms with Gasteiger partial charge in [-0.25, -0.2) is 9.97 Å². The third kappa shape index (κ3) is 7.16. The molecule has 7 heteroatoms. The fourth-order valence-electron chi connectivity index (χ4n) is 5.70. The van der Waals surface area contributed by atoms with Gasteiger partial charge in [0.2, 0.25) is 5.91 Å². The topological polar surface area (TPSA) is 92.4 Å². The Morgan fingerprint density at radius 2 is 1.70 bits per heavy atom. The van der Waals surface area contributed by atoms with Crippen LogP contribution in [0.5, 0.6) is 0 Å². The lowest BCUT2D eigenvalue weighted by Gasteiger charge is -2.41. The van der Waals surface area contributed by atoms with Crippen LogP contribution in [0.25, 0.3) is 0 Å². The molecule has 2 heterocycles. The van der Waals surface area contributed by atoms with Crippen molar-refractivity contribution in [2.75, 3.05) is 32.7 Å². The first-order valence-electron chi connectivity index (χ1n) is 13.7. The molecule has 1 aromatic heterocycles. The Morgan fingerprint density at radius 3 is 2.24 bits per heavy atom. The minimum absolute atomic E-state index is 0.0551. The van der Waals surface area contributed by atoms with E-state index in [9.17, 15) is 9.59 Å². The number of carbonyl (C=O) groups is 2. The first kappa shape index (κ1) is 28.8. The number of amides is 2. The number of rotatable bonds is 10. The third-order valence-electron chi connectivity index (χ3n) is 7.69. The maximum Gasteiger partial charge on any atom is 0.256 e. The van der Waals surface area contributed by atoms with Crippen LogP contribution >= 0.6 is 0 Å². The summed E-state index contributed by atoms with van der Waals surface area (Å²) in [7, 11) is 0. The molecule has 2 amide bonds. The first-order chi connectivity index (χ1) is 17.5. The van der Waals surface area contributed by atoms with Gasteiger partial charge < -0.3 is 15.5 Å². The van der Waals surface area contributed by atoms with Crippen LogP contribution in [0.1, 0.15) is 99.3 Å². The number of nitrogens with zero attached hydrogens (tertiary/aromatic N) is 4. The van der Waals surface area contributed by atoms with Gasteiger partial charge in [-0.15, -0.1) is 0 Å². The number of likely N-dealkylation sites (tertiary alicyclic amines) is 1. The third-order valence-corrected chi connectivity index (χ3v) is 7.69. The van der Waals surface area contributed by atoms with Crippen LogP contribution in [0.4, 0.5) is 0 Å². The molecule has 37 heavy (non-hydrogen) atoms. The highest BCUT2D eigenvalue weighted by Crippen LogP contribution is 2.40. The van der Waals surface area contributed by atoms with Crippen molar-refractivity contribution < 1.29 is 9.59 Å². The molecule has 0 spiro atoms. The minimum atomic E-state index is -0.441. The number of carbonyl (C=O) groups excluding carboxylic acids is 2. The Balaban J connectivity index is 1.85. The number of nitrogens with two attached hydrogens (primary N) is 1. The molecule has 1 aromatic carbocycles. The molecule has 1 fully saturated rings. The zero-order valence-electron chi connectivity index (χ0n) is 23.6. The summed E-state index contributed by atoms with van der Waals surface area (Å²) < 4.78 is 0. The Bertz CT molecular complexity index is 1050. The molecular weight excluding hydrogens is 462 g/mol. The van der Waals surface area contributed by atoms with Gasteiger partial charge in [0.25, 0.3) is 5.91 Å². The maximum absolute atomic E-state index is 12.8. The molecule has 0 radical (unpaired) electrons. The molecule has 0 saturated carbocycles. The molecule has 2 aromatic rings. The zero-order valence-corrected chi connectivity index (χ0v) is 23.6. The molecule has 0 aliphatic carbocycles. The van der Waals surface area contributed by atoms with Crippen molar-refractivity contribution >= 4 is 11.8 Å². The van der Waals surface area contributed by atoms with Crippen LogP contribution in [0.15, 0.2) is 36.7 Å². The normalized spacial score (nSPS) is 16.8. The van der Waals surface area contributed by atoms with Gasteiger partial charge in [0, 0.05) is 31.0 Å². The van der Waals surface area contributed by atoms with Crippen LogP contribution in [0.2, 0.25) is 0 Å². The Labute approximate surface area is 222 Å². The van der Waals surface area contributed by atoms with Gasteiger partial charge in [-0.05, 0) is 88.2 Å². The summed E-state index contributed by atoms with van der Waals surface area (Å²) in [6, 6.07) is 7.57. The van der Waals surface area contributed by atoms with Crippen LogP contribution in [0, 0.1) is 11.3 Å². The SMILES string of the molecule is CCN(CC)C(=O)c1cnc(C2(c3cccc(C(N)=O)c3)CCN(CCC(C)CC(C)(C)C)CC2)nc1. The van der Waals surface area contributed by atoms with Crippen LogP contribution in [0.3, 0.4) is 0 Å². The van der Waals surface area contributed by atoms with E-state index in [0.29, 0.717) is 41.4 Å². The molecule has 2 N–H and O–H groups in total. The molecular formula is C30H45N5O2. The quantitative estimate of drug-likeness (QED) is 0.494. The van der Waals surface area contributed by atoms with Gasteiger partial charge in [0.05, 0.1) is 11.0 Å². The molecule has 1 saturated heterocycles. The van der Waals surface area contributed by atoms with Gasteiger partial charge in [0.15, 0.2) is 0 Å². The molecule has 7 nitrogen and oxygen atoms in total. The number of hydrogen-bond acceptors (Lipinski definition) is 5. The van der Waals surface area contributed by atoms with E-state index in [-0.39, 0.29) is 5.91 Å².